The van der Waals surface area contributed by atoms with Crippen molar-refractivity contribution in [1.82, 2.24) is 10.0 Å². The number of rotatable bonds is 6. The van der Waals surface area contributed by atoms with Crippen LogP contribution in [0.2, 0.25) is 0 Å². The first-order valence-corrected chi connectivity index (χ1v) is 12.8. The molecule has 1 saturated carbocycles. The molecule has 0 bridgehead atoms. The van der Waals surface area contributed by atoms with Gasteiger partial charge in [-0.15, -0.1) is 0 Å². The molecule has 0 radical (unpaired) electrons. The molecule has 166 valence electrons. The number of nitrogens with one attached hydrogen (secondary N) is 2. The van der Waals surface area contributed by atoms with Crippen molar-refractivity contribution >= 4 is 32.4 Å². The lowest BCUT2D eigenvalue weighted by atomic mass is 9.96. The van der Waals surface area contributed by atoms with Gasteiger partial charge in [-0.05, 0) is 53.8 Å². The molecule has 2 aliphatic rings. The van der Waals surface area contributed by atoms with Crippen LogP contribution in [0.1, 0.15) is 34.3 Å². The standard InChI is InChI=1S/C25H27N3O3S/c1-17-10-11-20(28-15-19(16-28)27-32(2,30)31)14-22(17)24(29)26-25(12-13-25)23-9-5-7-18-6-3-4-8-21(18)23/h3-11,14,19,27H,12-13,15-16H2,1-2H3,(H,26,29). The van der Waals surface area contributed by atoms with E-state index in [1.807, 2.05) is 37.3 Å². The molecule has 2 N–H and O–H groups in total. The number of amides is 1. The SMILES string of the molecule is Cc1ccc(N2CC(NS(C)(=O)=O)C2)cc1C(=O)NC1(c2cccc3ccccc23)CC1. The summed E-state index contributed by atoms with van der Waals surface area (Å²) in [5, 5.41) is 5.69. The quantitative estimate of drug-likeness (QED) is 0.605. The van der Waals surface area contributed by atoms with Crippen molar-refractivity contribution in [2.24, 2.45) is 0 Å². The number of aryl methyl sites for hydroxylation is 1. The maximum atomic E-state index is 13.3. The van der Waals surface area contributed by atoms with Gasteiger partial charge >= 0.3 is 0 Å². The third-order valence-corrected chi connectivity index (χ3v) is 7.26. The number of fused-ring (bicyclic) bond motifs is 1. The fourth-order valence-electron chi connectivity index (χ4n) is 4.63. The predicted molar refractivity (Wildman–Crippen MR) is 127 cm³/mol. The summed E-state index contributed by atoms with van der Waals surface area (Å²) in [6.07, 6.45) is 3.03. The van der Waals surface area contributed by atoms with Gasteiger partial charge in [-0.3, -0.25) is 4.79 Å². The topological polar surface area (TPSA) is 78.5 Å². The monoisotopic (exact) mass is 449 g/mol. The lowest BCUT2D eigenvalue weighted by Crippen LogP contribution is -2.59. The van der Waals surface area contributed by atoms with Crippen LogP contribution >= 0.6 is 0 Å². The molecular weight excluding hydrogens is 422 g/mol. The minimum absolute atomic E-state index is 0.0684. The number of nitrogens with zero attached hydrogens (tertiary/aromatic N) is 1. The van der Waals surface area contributed by atoms with Crippen molar-refractivity contribution in [2.45, 2.75) is 31.3 Å². The molecule has 7 heteroatoms. The number of hydrogen-bond acceptors (Lipinski definition) is 4. The molecule has 6 nitrogen and oxygen atoms in total. The lowest BCUT2D eigenvalue weighted by Gasteiger charge is -2.41. The highest BCUT2D eigenvalue weighted by atomic mass is 32.2. The molecule has 1 heterocycles. The minimum Gasteiger partial charge on any atom is -0.368 e. The summed E-state index contributed by atoms with van der Waals surface area (Å²) in [5.74, 6) is -0.0684. The number of carbonyl (C=O) groups is 1. The first-order chi connectivity index (χ1) is 15.2. The van der Waals surface area contributed by atoms with Gasteiger partial charge in [0.2, 0.25) is 10.0 Å². The molecule has 32 heavy (non-hydrogen) atoms. The molecule has 3 aromatic carbocycles. The molecule has 0 spiro atoms. The Morgan fingerprint density at radius 3 is 2.47 bits per heavy atom. The van der Waals surface area contributed by atoms with Gasteiger partial charge in [-0.25, -0.2) is 13.1 Å². The summed E-state index contributed by atoms with van der Waals surface area (Å²) in [6.45, 7) is 3.13. The third kappa shape index (κ3) is 3.98. The highest BCUT2D eigenvalue weighted by Gasteiger charge is 2.46. The maximum Gasteiger partial charge on any atom is 0.252 e. The molecule has 1 saturated heterocycles. The summed E-state index contributed by atoms with van der Waals surface area (Å²) < 4.78 is 25.5. The first kappa shape index (κ1) is 21.0. The minimum atomic E-state index is -3.21. The highest BCUT2D eigenvalue weighted by molar-refractivity contribution is 7.88. The molecular formula is C25H27N3O3S. The molecule has 1 amide bonds. The summed E-state index contributed by atoms with van der Waals surface area (Å²) in [7, 11) is -3.21. The van der Waals surface area contributed by atoms with E-state index in [9.17, 15) is 13.2 Å². The van der Waals surface area contributed by atoms with Gasteiger partial charge in [0.15, 0.2) is 0 Å². The Bertz CT molecular complexity index is 1300. The highest BCUT2D eigenvalue weighted by Crippen LogP contribution is 2.48. The van der Waals surface area contributed by atoms with Crippen molar-refractivity contribution in [1.29, 1.82) is 0 Å². The van der Waals surface area contributed by atoms with Crippen molar-refractivity contribution in [3.8, 4) is 0 Å². The van der Waals surface area contributed by atoms with Crippen LogP contribution in [0.4, 0.5) is 5.69 Å². The Balaban J connectivity index is 1.36. The lowest BCUT2D eigenvalue weighted by molar-refractivity contribution is 0.0930. The average molecular weight is 450 g/mol. The third-order valence-electron chi connectivity index (χ3n) is 6.50. The van der Waals surface area contributed by atoms with E-state index < -0.39 is 10.0 Å². The van der Waals surface area contributed by atoms with E-state index in [2.05, 4.69) is 45.3 Å². The zero-order chi connectivity index (χ0) is 22.5. The molecule has 2 fully saturated rings. The van der Waals surface area contributed by atoms with E-state index in [1.165, 1.54) is 22.6 Å². The number of anilines is 1. The van der Waals surface area contributed by atoms with Crippen LogP contribution in [0.25, 0.3) is 10.8 Å². The van der Waals surface area contributed by atoms with Crippen LogP contribution in [-0.4, -0.2) is 39.7 Å². The Morgan fingerprint density at radius 1 is 1.03 bits per heavy atom. The number of sulfonamides is 1. The molecule has 0 aromatic heterocycles. The normalized spacial score (nSPS) is 17.8. The van der Waals surface area contributed by atoms with E-state index in [4.69, 9.17) is 0 Å². The van der Waals surface area contributed by atoms with E-state index in [0.29, 0.717) is 18.7 Å². The van der Waals surface area contributed by atoms with Crippen LogP contribution in [0, 0.1) is 6.92 Å². The van der Waals surface area contributed by atoms with Gasteiger partial charge in [-0.1, -0.05) is 48.5 Å². The molecule has 1 aliphatic heterocycles. The van der Waals surface area contributed by atoms with Gasteiger partial charge in [0.05, 0.1) is 17.8 Å². The average Bonchev–Trinajstić information content (AvgIpc) is 3.50. The molecule has 0 atom stereocenters. The number of carbonyl (C=O) groups excluding carboxylic acids is 1. The van der Waals surface area contributed by atoms with Gasteiger partial charge in [0.25, 0.3) is 5.91 Å². The van der Waals surface area contributed by atoms with Gasteiger partial charge < -0.3 is 10.2 Å². The second kappa shape index (κ2) is 7.60. The Hall–Kier alpha value is -2.90. The van der Waals surface area contributed by atoms with Crippen LogP contribution < -0.4 is 14.9 Å². The summed E-state index contributed by atoms with van der Waals surface area (Å²) in [5.41, 5.74) is 3.37. The van der Waals surface area contributed by atoms with Crippen LogP contribution in [-0.2, 0) is 15.6 Å². The Morgan fingerprint density at radius 2 is 1.75 bits per heavy atom. The maximum absolute atomic E-state index is 13.3. The Labute approximate surface area is 188 Å². The Kier molecular flexibility index (Phi) is 4.98. The van der Waals surface area contributed by atoms with E-state index >= 15 is 0 Å². The molecule has 5 rings (SSSR count). The smallest absolute Gasteiger partial charge is 0.252 e. The van der Waals surface area contributed by atoms with Crippen molar-refractivity contribution in [3.05, 3.63) is 77.4 Å². The van der Waals surface area contributed by atoms with E-state index in [1.54, 1.807) is 0 Å². The zero-order valence-electron chi connectivity index (χ0n) is 18.3. The fourth-order valence-corrected chi connectivity index (χ4v) is 5.39. The molecule has 1 aliphatic carbocycles. The zero-order valence-corrected chi connectivity index (χ0v) is 19.1. The van der Waals surface area contributed by atoms with Crippen LogP contribution in [0.3, 0.4) is 0 Å². The number of hydrogen-bond donors (Lipinski definition) is 2. The first-order valence-electron chi connectivity index (χ1n) is 10.9. The molecule has 3 aromatic rings. The van der Waals surface area contributed by atoms with Gasteiger partial charge in [-0.2, -0.15) is 0 Å². The van der Waals surface area contributed by atoms with Crippen molar-refractivity contribution < 1.29 is 13.2 Å². The fraction of sp³-hybridized carbons (Fsp3) is 0.320. The second-order valence-electron chi connectivity index (χ2n) is 9.05. The predicted octanol–water partition coefficient (Wildman–Crippen LogP) is 3.31. The summed E-state index contributed by atoms with van der Waals surface area (Å²) in [4.78, 5) is 15.4. The van der Waals surface area contributed by atoms with E-state index in [0.717, 1.165) is 24.1 Å². The van der Waals surface area contributed by atoms with Crippen molar-refractivity contribution in [3.63, 3.8) is 0 Å². The van der Waals surface area contributed by atoms with Gasteiger partial charge in [0, 0.05) is 24.3 Å². The second-order valence-corrected chi connectivity index (χ2v) is 10.8. The summed E-state index contributed by atoms with van der Waals surface area (Å²) in [6, 6.07) is 20.3. The van der Waals surface area contributed by atoms with E-state index in [-0.39, 0.29) is 17.5 Å². The van der Waals surface area contributed by atoms with Crippen LogP contribution in [0.5, 0.6) is 0 Å². The van der Waals surface area contributed by atoms with Crippen molar-refractivity contribution in [2.75, 3.05) is 24.2 Å². The summed E-state index contributed by atoms with van der Waals surface area (Å²) >= 11 is 0. The van der Waals surface area contributed by atoms with Crippen LogP contribution in [0.15, 0.2) is 60.7 Å². The number of benzene rings is 3. The molecule has 0 unspecified atom stereocenters. The van der Waals surface area contributed by atoms with Gasteiger partial charge in [0.1, 0.15) is 0 Å². The largest absolute Gasteiger partial charge is 0.368 e.